The first-order valence-electron chi connectivity index (χ1n) is 14.8. The highest BCUT2D eigenvalue weighted by Crippen LogP contribution is 2.07. The summed E-state index contributed by atoms with van der Waals surface area (Å²) in [6.07, 6.45) is 9.87. The lowest BCUT2D eigenvalue weighted by Crippen LogP contribution is -2.16. The van der Waals surface area contributed by atoms with E-state index in [1.165, 1.54) is 26.4 Å². The fraction of sp³-hybridized carbons (Fsp3) is 0.195. The Morgan fingerprint density at radius 2 is 0.940 bits per heavy atom. The molecule has 0 aromatic heterocycles. The first-order valence-corrected chi connectivity index (χ1v) is 22.9. The van der Waals surface area contributed by atoms with Crippen LogP contribution in [0.1, 0.15) is 42.2 Å². The molecule has 0 saturated heterocycles. The average molecular weight is 811 g/mol. The minimum Gasteiger partial charge on any atom is -0.478 e. The number of hydrogen-bond donors (Lipinski definition) is 1. The molecule has 0 radical (unpaired) electrons. The molecule has 6 nitrogen and oxygen atoms in total. The van der Waals surface area contributed by atoms with Gasteiger partial charge in [-0.05, 0) is 131 Å². The summed E-state index contributed by atoms with van der Waals surface area (Å²) in [5.41, 5.74) is 9.10. The number of terminal acetylenes is 2. The van der Waals surface area contributed by atoms with Crippen molar-refractivity contribution in [1.29, 1.82) is 0 Å². The lowest BCUT2D eigenvalue weighted by atomic mass is 10.1. The predicted molar refractivity (Wildman–Crippen MR) is 215 cm³/mol. The van der Waals surface area contributed by atoms with Gasteiger partial charge in [-0.15, -0.1) is 23.9 Å². The molecule has 0 atom stereocenters. The Labute approximate surface area is 312 Å². The van der Waals surface area contributed by atoms with E-state index >= 15 is 0 Å². The summed E-state index contributed by atoms with van der Waals surface area (Å²) in [6, 6.07) is 20.4. The number of carboxylic acids is 1. The van der Waals surface area contributed by atoms with E-state index in [0.717, 1.165) is 9.13 Å². The highest BCUT2D eigenvalue weighted by Gasteiger charge is 2.07. The van der Waals surface area contributed by atoms with E-state index in [0.29, 0.717) is 16.7 Å². The monoisotopic (exact) mass is 810 g/mol. The second kappa shape index (κ2) is 23.8. The maximum atomic E-state index is 11.2. The van der Waals surface area contributed by atoms with Gasteiger partial charge in [0, 0.05) is 14.7 Å². The molecule has 0 amide bonds. The van der Waals surface area contributed by atoms with Gasteiger partial charge in [0.15, 0.2) is 0 Å². The summed E-state index contributed by atoms with van der Waals surface area (Å²) in [7, 11) is 0.208. The Bertz CT molecular complexity index is 1920. The van der Waals surface area contributed by atoms with Crippen LogP contribution in [0, 0.1) is 74.9 Å². The van der Waals surface area contributed by atoms with Gasteiger partial charge in [-0.3, -0.25) is 0 Å². The van der Waals surface area contributed by atoms with Crippen LogP contribution in [0.15, 0.2) is 72.8 Å². The molecular formula is C41H39IO6Si2. The van der Waals surface area contributed by atoms with E-state index in [4.69, 9.17) is 18.0 Å². The highest BCUT2D eigenvalue weighted by molar-refractivity contribution is 14.1. The fourth-order valence-corrected chi connectivity index (χ4v) is 4.11. The maximum absolute atomic E-state index is 11.2. The molecule has 0 heterocycles. The maximum Gasteiger partial charge on any atom is 0.337 e. The van der Waals surface area contributed by atoms with E-state index in [1.54, 1.807) is 48.5 Å². The molecule has 0 fully saturated rings. The third-order valence-electron chi connectivity index (χ3n) is 5.20. The number of ether oxygens (including phenoxy) is 2. The lowest BCUT2D eigenvalue weighted by molar-refractivity contribution is 0.0592. The third kappa shape index (κ3) is 22.2. The minimum atomic E-state index is -1.35. The van der Waals surface area contributed by atoms with Gasteiger partial charge < -0.3 is 14.6 Å². The van der Waals surface area contributed by atoms with Crippen LogP contribution in [0.5, 0.6) is 0 Å². The van der Waals surface area contributed by atoms with Crippen LogP contribution in [-0.4, -0.2) is 53.4 Å². The van der Waals surface area contributed by atoms with Crippen molar-refractivity contribution in [3.8, 4) is 71.3 Å². The SMILES string of the molecule is C#CC#C[Si](C)(C)C.C#CC#Cc1ccc(C(=O)O)cc1.COC(=O)c1ccc(C#CC#C[Si](C)(C)C)cc1.COC(=O)c1ccc(I)cc1. The van der Waals surface area contributed by atoms with Gasteiger partial charge in [-0.25, -0.2) is 14.4 Å². The first kappa shape index (κ1) is 44.6. The van der Waals surface area contributed by atoms with Gasteiger partial charge in [0.25, 0.3) is 0 Å². The summed E-state index contributed by atoms with van der Waals surface area (Å²) >= 11 is 2.18. The molecule has 1 N–H and O–H groups in total. The number of methoxy groups -OCH3 is 2. The number of benzene rings is 3. The van der Waals surface area contributed by atoms with Gasteiger partial charge in [0.1, 0.15) is 16.1 Å². The zero-order valence-corrected chi connectivity index (χ0v) is 33.6. The number of aromatic carboxylic acids is 1. The van der Waals surface area contributed by atoms with Crippen molar-refractivity contribution in [3.05, 3.63) is 104 Å². The fourth-order valence-electron chi connectivity index (χ4n) is 2.86. The summed E-state index contributed by atoms with van der Waals surface area (Å²) in [5, 5.41) is 8.58. The van der Waals surface area contributed by atoms with E-state index in [2.05, 4.69) is 130 Å². The molecule has 0 aliphatic carbocycles. The van der Waals surface area contributed by atoms with Crippen LogP contribution in [0.3, 0.4) is 0 Å². The first-order chi connectivity index (χ1) is 23.5. The van der Waals surface area contributed by atoms with Gasteiger partial charge in [-0.2, -0.15) is 0 Å². The summed E-state index contributed by atoms with van der Waals surface area (Å²) < 4.78 is 10.3. The number of hydrogen-bond acceptors (Lipinski definition) is 5. The quantitative estimate of drug-likeness (QED) is 0.127. The second-order valence-electron chi connectivity index (χ2n) is 11.7. The van der Waals surface area contributed by atoms with Gasteiger partial charge in [0.05, 0.1) is 30.9 Å². The largest absolute Gasteiger partial charge is 0.478 e. The van der Waals surface area contributed by atoms with Crippen LogP contribution >= 0.6 is 22.6 Å². The van der Waals surface area contributed by atoms with Crippen molar-refractivity contribution in [2.45, 2.75) is 39.3 Å². The van der Waals surface area contributed by atoms with Crippen molar-refractivity contribution in [2.24, 2.45) is 0 Å². The van der Waals surface area contributed by atoms with Crippen molar-refractivity contribution in [3.63, 3.8) is 0 Å². The molecule has 3 rings (SSSR count). The predicted octanol–water partition coefficient (Wildman–Crippen LogP) is 7.65. The number of carbonyl (C=O) groups excluding carboxylic acids is 2. The molecule has 3 aromatic rings. The number of halogens is 1. The Balaban J connectivity index is 0.000000668. The third-order valence-corrected chi connectivity index (χ3v) is 7.67. The van der Waals surface area contributed by atoms with Crippen molar-refractivity contribution < 1.29 is 29.0 Å². The molecule has 0 saturated carbocycles. The Hall–Kier alpha value is -5.41. The van der Waals surface area contributed by atoms with Crippen LogP contribution in [0.4, 0.5) is 0 Å². The minimum absolute atomic E-state index is 0.242. The Morgan fingerprint density at radius 3 is 1.28 bits per heavy atom. The summed E-state index contributed by atoms with van der Waals surface area (Å²) in [5.74, 6) is 19.3. The number of esters is 2. The molecule has 50 heavy (non-hydrogen) atoms. The molecule has 254 valence electrons. The molecule has 0 aliphatic heterocycles. The topological polar surface area (TPSA) is 89.9 Å². The van der Waals surface area contributed by atoms with Crippen molar-refractivity contribution in [2.75, 3.05) is 14.2 Å². The smallest absolute Gasteiger partial charge is 0.337 e. The summed E-state index contributed by atoms with van der Waals surface area (Å²) in [6.45, 7) is 13.0. The zero-order valence-electron chi connectivity index (χ0n) is 29.4. The van der Waals surface area contributed by atoms with Gasteiger partial charge >= 0.3 is 17.9 Å². The molecule has 0 aliphatic rings. The average Bonchev–Trinajstić information content (AvgIpc) is 3.08. The molecule has 9 heteroatoms. The van der Waals surface area contributed by atoms with E-state index in [-0.39, 0.29) is 17.5 Å². The second-order valence-corrected chi connectivity index (χ2v) is 22.5. The molecule has 0 unspecified atom stereocenters. The van der Waals surface area contributed by atoms with Gasteiger partial charge in [0.2, 0.25) is 0 Å². The number of rotatable bonds is 3. The van der Waals surface area contributed by atoms with Crippen LogP contribution in [0.25, 0.3) is 0 Å². The van der Waals surface area contributed by atoms with Crippen molar-refractivity contribution in [1.82, 2.24) is 0 Å². The van der Waals surface area contributed by atoms with E-state index in [9.17, 15) is 14.4 Å². The zero-order chi connectivity index (χ0) is 38.2. The van der Waals surface area contributed by atoms with Crippen LogP contribution < -0.4 is 0 Å². The summed E-state index contributed by atoms with van der Waals surface area (Å²) in [4.78, 5) is 32.6. The van der Waals surface area contributed by atoms with E-state index in [1.807, 2.05) is 12.1 Å². The standard InChI is InChI=1S/C15H16O2Si.C11H6O2.C8H7IO2.C7H10Si/c1-17-15(16)14-10-8-13(9-11-14)7-5-6-12-18(2,3)4;1-2-3-4-9-5-7-10(8-6-9)11(12)13;1-11-8(10)6-2-4-7(9)5-3-6;1-5-6-7-8(2,3)4/h8-11H,1-4H3;1,5-8H,(H,12,13);2-5H,1H3;1H,2-4H3. The highest BCUT2D eigenvalue weighted by atomic mass is 127. The number of carbonyl (C=O) groups is 3. The normalized spacial score (nSPS) is 8.94. The van der Waals surface area contributed by atoms with Crippen molar-refractivity contribution >= 4 is 56.6 Å². The van der Waals surface area contributed by atoms with Crippen LogP contribution in [0.2, 0.25) is 39.3 Å². The van der Waals surface area contributed by atoms with E-state index < -0.39 is 22.1 Å². The van der Waals surface area contributed by atoms with Gasteiger partial charge in [-0.1, -0.05) is 51.1 Å². The Kier molecular flexibility index (Phi) is 21.3. The number of carboxylic acid groups (broad SMARTS) is 1. The molecular weight excluding hydrogens is 772 g/mol. The Morgan fingerprint density at radius 1 is 0.580 bits per heavy atom. The van der Waals surface area contributed by atoms with Crippen LogP contribution in [-0.2, 0) is 9.47 Å². The molecule has 0 spiro atoms. The molecule has 3 aromatic carbocycles. The molecule has 0 bridgehead atoms. The lowest BCUT2D eigenvalue weighted by Gasteiger charge is -2.01.